The topological polar surface area (TPSA) is 34.4 Å². The van der Waals surface area contributed by atoms with Crippen LogP contribution in [-0.4, -0.2) is 4.57 Å². The molecule has 168 valence electrons. The minimum Gasteiger partial charge on any atom is -0.272 e. The molecule has 0 bridgehead atoms. The van der Waals surface area contributed by atoms with Gasteiger partial charge in [-0.15, -0.1) is 0 Å². The summed E-state index contributed by atoms with van der Waals surface area (Å²) in [5.74, 6) is 0. The van der Waals surface area contributed by atoms with Crippen molar-refractivity contribution >= 4 is 68.9 Å². The number of thiazole rings is 1. The van der Waals surface area contributed by atoms with E-state index >= 15 is 0 Å². The molecule has 0 amide bonds. The zero-order chi connectivity index (χ0) is 23.4. The number of halogens is 3. The molecule has 2 aliphatic rings. The number of hydrogen-bond acceptors (Lipinski definition) is 3. The third-order valence-electron chi connectivity index (χ3n) is 6.32. The van der Waals surface area contributed by atoms with Crippen LogP contribution < -0.4 is 14.9 Å². The van der Waals surface area contributed by atoms with Crippen molar-refractivity contribution in [2.75, 3.05) is 0 Å². The van der Waals surface area contributed by atoms with Crippen molar-refractivity contribution in [3.63, 3.8) is 0 Å². The smallest absolute Gasteiger partial charge is 0.271 e. The molecular weight excluding hydrogens is 598 g/mol. The maximum atomic E-state index is 13.8. The van der Waals surface area contributed by atoms with E-state index in [4.69, 9.17) is 28.2 Å². The SMILES string of the molecule is O=c1c(=Cc2ccccc2I)sc2n1[C@H](c1ccc(Cl)cc1Cl)C1=C(N=2)c2ccccc2CC1. The standard InChI is InChI=1S/C27H17Cl2IN2OS/c28-17-10-12-19(21(29)14-17)25-20-11-9-15-5-1-3-7-18(15)24(20)31-27-32(25)26(33)23(34-27)13-16-6-2-4-8-22(16)30/h1-8,10,12-14,25H,9,11H2/t25-/m1/s1. The van der Waals surface area contributed by atoms with Crippen molar-refractivity contribution in [3.05, 3.63) is 128 Å². The molecule has 0 saturated heterocycles. The first kappa shape index (κ1) is 22.3. The van der Waals surface area contributed by atoms with Gasteiger partial charge in [-0.2, -0.15) is 0 Å². The number of rotatable bonds is 2. The van der Waals surface area contributed by atoms with Crippen LogP contribution in [0.3, 0.4) is 0 Å². The highest BCUT2D eigenvalue weighted by Gasteiger charge is 2.33. The van der Waals surface area contributed by atoms with Gasteiger partial charge in [0.05, 0.1) is 16.3 Å². The fourth-order valence-electron chi connectivity index (χ4n) is 4.76. The Balaban J connectivity index is 1.66. The summed E-state index contributed by atoms with van der Waals surface area (Å²) in [5.41, 5.74) is 6.33. The summed E-state index contributed by atoms with van der Waals surface area (Å²) >= 11 is 16.6. The molecule has 2 heterocycles. The Morgan fingerprint density at radius 2 is 1.82 bits per heavy atom. The normalized spacial score (nSPS) is 17.1. The van der Waals surface area contributed by atoms with E-state index in [1.54, 1.807) is 6.07 Å². The molecule has 1 aliphatic carbocycles. The summed E-state index contributed by atoms with van der Waals surface area (Å²) in [5, 5.41) is 1.13. The lowest BCUT2D eigenvalue weighted by Crippen LogP contribution is -2.38. The van der Waals surface area contributed by atoms with Crippen LogP contribution >= 0.6 is 57.1 Å². The molecule has 0 radical (unpaired) electrons. The lowest BCUT2D eigenvalue weighted by atomic mass is 9.83. The number of allylic oxidation sites excluding steroid dienone is 1. The summed E-state index contributed by atoms with van der Waals surface area (Å²) in [6.07, 6.45) is 3.68. The van der Waals surface area contributed by atoms with Gasteiger partial charge in [0.25, 0.3) is 5.56 Å². The van der Waals surface area contributed by atoms with Gasteiger partial charge in [0.1, 0.15) is 0 Å². The highest BCUT2D eigenvalue weighted by Crippen LogP contribution is 2.43. The van der Waals surface area contributed by atoms with Crippen LogP contribution in [0.4, 0.5) is 0 Å². The predicted octanol–water partition coefficient (Wildman–Crippen LogP) is 6.23. The van der Waals surface area contributed by atoms with E-state index < -0.39 is 0 Å². The third-order valence-corrected chi connectivity index (χ3v) is 8.85. The van der Waals surface area contributed by atoms with Crippen LogP contribution in [0.2, 0.25) is 10.0 Å². The summed E-state index contributed by atoms with van der Waals surface area (Å²) in [6.45, 7) is 0. The molecule has 0 N–H and O–H groups in total. The zero-order valence-electron chi connectivity index (χ0n) is 17.8. The third kappa shape index (κ3) is 3.70. The van der Waals surface area contributed by atoms with E-state index in [1.165, 1.54) is 16.9 Å². The molecule has 6 rings (SSSR count). The van der Waals surface area contributed by atoms with Crippen LogP contribution in [0.5, 0.6) is 0 Å². The average Bonchev–Trinajstić information content (AvgIpc) is 3.14. The van der Waals surface area contributed by atoms with E-state index in [0.29, 0.717) is 19.4 Å². The van der Waals surface area contributed by atoms with E-state index in [9.17, 15) is 4.79 Å². The average molecular weight is 615 g/mol. The van der Waals surface area contributed by atoms with Gasteiger partial charge in [0, 0.05) is 19.2 Å². The fraction of sp³-hybridized carbons (Fsp3) is 0.111. The number of hydrogen-bond donors (Lipinski definition) is 0. The van der Waals surface area contributed by atoms with Crippen molar-refractivity contribution in [1.29, 1.82) is 0 Å². The van der Waals surface area contributed by atoms with E-state index in [-0.39, 0.29) is 11.6 Å². The van der Waals surface area contributed by atoms with Crippen LogP contribution in [0.1, 0.15) is 34.7 Å². The maximum Gasteiger partial charge on any atom is 0.271 e. The number of benzene rings is 3. The second kappa shape index (κ2) is 8.79. The molecule has 1 atom stereocenters. The van der Waals surface area contributed by atoms with E-state index in [0.717, 1.165) is 44.4 Å². The summed E-state index contributed by atoms with van der Waals surface area (Å²) in [6, 6.07) is 21.6. The van der Waals surface area contributed by atoms with Crippen molar-refractivity contribution in [2.45, 2.75) is 18.9 Å². The lowest BCUT2D eigenvalue weighted by Gasteiger charge is -2.31. The van der Waals surface area contributed by atoms with Gasteiger partial charge in [-0.3, -0.25) is 9.36 Å². The predicted molar refractivity (Wildman–Crippen MR) is 148 cm³/mol. The molecule has 1 aromatic heterocycles. The fourth-order valence-corrected chi connectivity index (χ4v) is 6.80. The Labute approximate surface area is 223 Å². The first-order chi connectivity index (χ1) is 16.5. The Bertz CT molecular complexity index is 1690. The minimum absolute atomic E-state index is 0.0511. The zero-order valence-corrected chi connectivity index (χ0v) is 22.3. The van der Waals surface area contributed by atoms with Gasteiger partial charge < -0.3 is 0 Å². The van der Waals surface area contributed by atoms with E-state index in [1.807, 2.05) is 53.1 Å². The molecule has 0 fully saturated rings. The van der Waals surface area contributed by atoms with Crippen molar-refractivity contribution in [3.8, 4) is 0 Å². The van der Waals surface area contributed by atoms with Crippen LogP contribution in [0, 0.1) is 3.57 Å². The maximum absolute atomic E-state index is 13.8. The molecule has 3 aromatic carbocycles. The molecule has 34 heavy (non-hydrogen) atoms. The van der Waals surface area contributed by atoms with Gasteiger partial charge in [0.2, 0.25) is 0 Å². The van der Waals surface area contributed by atoms with Gasteiger partial charge in [0.15, 0.2) is 4.80 Å². The molecule has 4 aromatic rings. The summed E-state index contributed by atoms with van der Waals surface area (Å²) in [7, 11) is 0. The van der Waals surface area contributed by atoms with Gasteiger partial charge in [-0.05, 0) is 82.0 Å². The molecule has 0 saturated carbocycles. The van der Waals surface area contributed by atoms with Crippen LogP contribution in [0.25, 0.3) is 11.8 Å². The molecule has 0 unspecified atom stereocenters. The quantitative estimate of drug-likeness (QED) is 0.247. The Morgan fingerprint density at radius 1 is 1.03 bits per heavy atom. The van der Waals surface area contributed by atoms with Crippen LogP contribution in [-0.2, 0) is 6.42 Å². The number of aryl methyl sites for hydroxylation is 1. The Morgan fingerprint density at radius 3 is 2.65 bits per heavy atom. The number of aromatic nitrogens is 1. The molecule has 0 spiro atoms. The highest BCUT2D eigenvalue weighted by molar-refractivity contribution is 14.1. The largest absolute Gasteiger partial charge is 0.272 e. The molecular formula is C27H17Cl2IN2OS. The van der Waals surface area contributed by atoms with Gasteiger partial charge >= 0.3 is 0 Å². The second-order valence-corrected chi connectivity index (χ2v) is 11.3. The Hall–Kier alpha value is -2.19. The molecule has 1 aliphatic heterocycles. The molecule has 3 nitrogen and oxygen atoms in total. The van der Waals surface area contributed by atoms with E-state index in [2.05, 4.69) is 40.8 Å². The van der Waals surface area contributed by atoms with Crippen molar-refractivity contribution < 1.29 is 0 Å². The number of nitrogens with zero attached hydrogens (tertiary/aromatic N) is 2. The van der Waals surface area contributed by atoms with Crippen LogP contribution in [0.15, 0.2) is 82.1 Å². The lowest BCUT2D eigenvalue weighted by molar-refractivity contribution is 0.585. The second-order valence-electron chi connectivity index (χ2n) is 8.30. The first-order valence-corrected chi connectivity index (χ1v) is 13.5. The van der Waals surface area contributed by atoms with Gasteiger partial charge in [-0.25, -0.2) is 4.99 Å². The monoisotopic (exact) mass is 614 g/mol. The summed E-state index contributed by atoms with van der Waals surface area (Å²) < 4.78 is 3.57. The van der Waals surface area contributed by atoms with Gasteiger partial charge in [-0.1, -0.05) is 83.1 Å². The highest BCUT2D eigenvalue weighted by atomic mass is 127. The van der Waals surface area contributed by atoms with Crippen molar-refractivity contribution in [1.82, 2.24) is 4.57 Å². The molecule has 7 heteroatoms. The first-order valence-electron chi connectivity index (χ1n) is 10.8. The minimum atomic E-state index is -0.318. The van der Waals surface area contributed by atoms with Crippen molar-refractivity contribution in [2.24, 2.45) is 4.99 Å². The summed E-state index contributed by atoms with van der Waals surface area (Å²) in [4.78, 5) is 19.5. The Kier molecular flexibility index (Phi) is 5.76. The number of fused-ring (bicyclic) bond motifs is 3.